The molecule has 2 rings (SSSR count). The molecule has 2 aromatic rings. The van der Waals surface area contributed by atoms with E-state index in [2.05, 4.69) is 10.6 Å². The summed E-state index contributed by atoms with van der Waals surface area (Å²) < 4.78 is 4.80. The van der Waals surface area contributed by atoms with E-state index >= 15 is 0 Å². The van der Waals surface area contributed by atoms with Crippen LogP contribution in [0.2, 0.25) is 5.02 Å². The predicted molar refractivity (Wildman–Crippen MR) is 138 cm³/mol. The first kappa shape index (κ1) is 28.3. The molecule has 0 fully saturated rings. The van der Waals surface area contributed by atoms with E-state index in [1.807, 2.05) is 68.6 Å². The second-order valence-electron chi connectivity index (χ2n) is 8.79. The van der Waals surface area contributed by atoms with Gasteiger partial charge in [0.2, 0.25) is 11.8 Å². The zero-order chi connectivity index (χ0) is 25.8. The van der Waals surface area contributed by atoms with E-state index in [0.29, 0.717) is 30.8 Å². The minimum absolute atomic E-state index is 0.00218. The van der Waals surface area contributed by atoms with Crippen LogP contribution in [-0.2, 0) is 32.0 Å². The zero-order valence-corrected chi connectivity index (χ0v) is 21.7. The molecule has 0 spiro atoms. The van der Waals surface area contributed by atoms with E-state index in [1.165, 1.54) is 7.11 Å². The number of amides is 2. The summed E-state index contributed by atoms with van der Waals surface area (Å²) >= 11 is 5.95. The van der Waals surface area contributed by atoms with Crippen molar-refractivity contribution in [3.8, 4) is 0 Å². The van der Waals surface area contributed by atoms with Gasteiger partial charge in [-0.15, -0.1) is 0 Å². The van der Waals surface area contributed by atoms with Crippen molar-refractivity contribution in [1.82, 2.24) is 15.5 Å². The molecule has 0 heterocycles. The molecule has 0 aliphatic carbocycles. The molecular formula is C27H36ClN3O4. The zero-order valence-electron chi connectivity index (χ0n) is 20.9. The Kier molecular flexibility index (Phi) is 11.7. The van der Waals surface area contributed by atoms with Crippen molar-refractivity contribution in [3.63, 3.8) is 0 Å². The van der Waals surface area contributed by atoms with Crippen molar-refractivity contribution < 1.29 is 19.1 Å². The van der Waals surface area contributed by atoms with E-state index in [1.54, 1.807) is 11.9 Å². The van der Waals surface area contributed by atoms with Crippen LogP contribution in [0, 0.1) is 5.92 Å². The molecule has 8 heteroatoms. The number of ether oxygens (including phenoxy) is 1. The topological polar surface area (TPSA) is 87.7 Å². The Bertz CT molecular complexity index is 953. The summed E-state index contributed by atoms with van der Waals surface area (Å²) in [5, 5.41) is 6.80. The maximum Gasteiger partial charge on any atom is 0.306 e. The van der Waals surface area contributed by atoms with Gasteiger partial charge in [0, 0.05) is 37.1 Å². The van der Waals surface area contributed by atoms with Crippen LogP contribution in [0.3, 0.4) is 0 Å². The van der Waals surface area contributed by atoms with Gasteiger partial charge in [-0.3, -0.25) is 14.4 Å². The average Bonchev–Trinajstić information content (AvgIpc) is 2.87. The van der Waals surface area contributed by atoms with Gasteiger partial charge in [0.15, 0.2) is 0 Å². The van der Waals surface area contributed by atoms with Gasteiger partial charge in [0.05, 0.1) is 19.4 Å². The highest BCUT2D eigenvalue weighted by atomic mass is 35.5. The van der Waals surface area contributed by atoms with Gasteiger partial charge in [-0.05, 0) is 50.1 Å². The number of carbonyl (C=O) groups is 3. The number of methoxy groups -OCH3 is 1. The molecule has 0 aromatic heterocycles. The average molecular weight is 502 g/mol. The fraction of sp³-hybridized carbons (Fsp3) is 0.444. The number of esters is 1. The maximum absolute atomic E-state index is 13.2. The Hall–Kier alpha value is -2.90. The molecule has 0 saturated heterocycles. The van der Waals surface area contributed by atoms with Crippen LogP contribution in [0.25, 0.3) is 0 Å². The van der Waals surface area contributed by atoms with Gasteiger partial charge in [-0.1, -0.05) is 54.1 Å². The molecule has 3 atom stereocenters. The quantitative estimate of drug-likeness (QED) is 0.411. The van der Waals surface area contributed by atoms with Gasteiger partial charge in [-0.25, -0.2) is 0 Å². The summed E-state index contributed by atoms with van der Waals surface area (Å²) in [6, 6.07) is 16.9. The van der Waals surface area contributed by atoms with Crippen molar-refractivity contribution in [2.75, 3.05) is 27.7 Å². The van der Waals surface area contributed by atoms with Crippen molar-refractivity contribution in [3.05, 3.63) is 70.7 Å². The minimum atomic E-state index is -0.541. The third-order valence-corrected chi connectivity index (χ3v) is 6.41. The number of hydrogen-bond donors (Lipinski definition) is 2. The molecule has 2 N–H and O–H groups in total. The number of nitrogens with one attached hydrogen (secondary N) is 2. The summed E-state index contributed by atoms with van der Waals surface area (Å²) in [6.45, 7) is 2.19. The summed E-state index contributed by atoms with van der Waals surface area (Å²) in [4.78, 5) is 39.3. The molecule has 0 aliphatic heterocycles. The van der Waals surface area contributed by atoms with Crippen LogP contribution in [0.1, 0.15) is 30.9 Å². The Morgan fingerprint density at radius 2 is 1.60 bits per heavy atom. The Labute approximate surface area is 213 Å². The largest absolute Gasteiger partial charge is 0.469 e. The van der Waals surface area contributed by atoms with E-state index in [9.17, 15) is 14.4 Å². The number of rotatable bonds is 13. The number of likely N-dealkylation sites (N-methyl/N-ethyl adjacent to an activating group) is 2. The van der Waals surface area contributed by atoms with Crippen molar-refractivity contribution in [1.29, 1.82) is 0 Å². The van der Waals surface area contributed by atoms with Crippen LogP contribution in [-0.4, -0.2) is 62.5 Å². The molecule has 2 aromatic carbocycles. The van der Waals surface area contributed by atoms with E-state index in [4.69, 9.17) is 16.3 Å². The highest BCUT2D eigenvalue weighted by Crippen LogP contribution is 2.17. The van der Waals surface area contributed by atoms with Crippen LogP contribution >= 0.6 is 11.6 Å². The van der Waals surface area contributed by atoms with Gasteiger partial charge in [-0.2, -0.15) is 0 Å². The number of hydrogen-bond acceptors (Lipinski definition) is 5. The van der Waals surface area contributed by atoms with Crippen LogP contribution in [0.15, 0.2) is 54.6 Å². The van der Waals surface area contributed by atoms with Crippen LogP contribution in [0.4, 0.5) is 0 Å². The maximum atomic E-state index is 13.2. The lowest BCUT2D eigenvalue weighted by Gasteiger charge is -2.29. The minimum Gasteiger partial charge on any atom is -0.469 e. The summed E-state index contributed by atoms with van der Waals surface area (Å²) in [5.74, 6) is -1.22. The SMILES string of the molecule is CN[C@H](CC(=O)NC[C@H](C)N(C)C(=O)[C@@H](CC(=O)OC)Cc1ccccc1)Cc1ccc(Cl)cc1. The normalized spacial score (nSPS) is 13.4. The second kappa shape index (κ2) is 14.5. The van der Waals surface area contributed by atoms with Gasteiger partial charge >= 0.3 is 5.97 Å². The molecule has 0 saturated carbocycles. The first-order valence-electron chi connectivity index (χ1n) is 11.8. The summed E-state index contributed by atoms with van der Waals surface area (Å²) in [5.41, 5.74) is 2.07. The fourth-order valence-electron chi connectivity index (χ4n) is 3.81. The highest BCUT2D eigenvalue weighted by molar-refractivity contribution is 6.30. The van der Waals surface area contributed by atoms with Crippen LogP contribution in [0.5, 0.6) is 0 Å². The van der Waals surface area contributed by atoms with E-state index in [0.717, 1.165) is 11.1 Å². The molecule has 2 amide bonds. The van der Waals surface area contributed by atoms with Crippen molar-refractivity contribution in [2.24, 2.45) is 5.92 Å². The lowest BCUT2D eigenvalue weighted by molar-refractivity contribution is -0.147. The van der Waals surface area contributed by atoms with Gasteiger partial charge < -0.3 is 20.3 Å². The van der Waals surface area contributed by atoms with Crippen LogP contribution < -0.4 is 10.6 Å². The molecule has 0 aliphatic rings. The third-order valence-electron chi connectivity index (χ3n) is 6.15. The lowest BCUT2D eigenvalue weighted by Crippen LogP contribution is -2.46. The van der Waals surface area contributed by atoms with E-state index in [-0.39, 0.29) is 30.3 Å². The lowest BCUT2D eigenvalue weighted by atomic mass is 9.94. The Balaban J connectivity index is 1.90. The Morgan fingerprint density at radius 3 is 2.20 bits per heavy atom. The Morgan fingerprint density at radius 1 is 0.971 bits per heavy atom. The summed E-state index contributed by atoms with van der Waals surface area (Å²) in [7, 11) is 4.85. The van der Waals surface area contributed by atoms with Gasteiger partial charge in [0.25, 0.3) is 0 Å². The van der Waals surface area contributed by atoms with Crippen molar-refractivity contribution >= 4 is 29.4 Å². The molecule has 35 heavy (non-hydrogen) atoms. The first-order chi connectivity index (χ1) is 16.7. The number of halogens is 1. The van der Waals surface area contributed by atoms with Crippen molar-refractivity contribution in [2.45, 2.75) is 44.7 Å². The summed E-state index contributed by atoms with van der Waals surface area (Å²) in [6.07, 6.45) is 1.45. The monoisotopic (exact) mass is 501 g/mol. The second-order valence-corrected chi connectivity index (χ2v) is 9.23. The number of carbonyl (C=O) groups excluding carboxylic acids is 3. The molecule has 190 valence electrons. The standard InChI is InChI=1S/C27H36ClN3O4/c1-19(18-30-25(32)17-24(29-2)15-21-10-12-23(28)13-11-21)31(3)27(34)22(16-26(33)35-4)14-20-8-6-5-7-9-20/h5-13,19,22,24,29H,14-18H2,1-4H3,(H,30,32)/t19-,22+,24-/m0/s1. The third kappa shape index (κ3) is 9.70. The number of benzene rings is 2. The molecular weight excluding hydrogens is 466 g/mol. The molecule has 7 nitrogen and oxygen atoms in total. The fourth-order valence-corrected chi connectivity index (χ4v) is 3.94. The molecule has 0 bridgehead atoms. The first-order valence-corrected chi connectivity index (χ1v) is 12.2. The molecule has 0 unspecified atom stereocenters. The van der Waals surface area contributed by atoms with Gasteiger partial charge in [0.1, 0.15) is 0 Å². The molecule has 0 radical (unpaired) electrons. The highest BCUT2D eigenvalue weighted by Gasteiger charge is 2.28. The smallest absolute Gasteiger partial charge is 0.306 e. The van der Waals surface area contributed by atoms with E-state index < -0.39 is 11.9 Å². The number of nitrogens with zero attached hydrogens (tertiary/aromatic N) is 1. The predicted octanol–water partition coefficient (Wildman–Crippen LogP) is 3.25.